The zero-order chi connectivity index (χ0) is 14.9. The van der Waals surface area contributed by atoms with Crippen LogP contribution in [0.3, 0.4) is 0 Å². The molecule has 0 radical (unpaired) electrons. The van der Waals surface area contributed by atoms with Crippen LogP contribution in [0.5, 0.6) is 0 Å². The molecular weight excluding hydrogens is 268 g/mol. The lowest BCUT2D eigenvalue weighted by atomic mass is 9.92. The number of aromatic nitrogens is 2. The van der Waals surface area contributed by atoms with E-state index in [0.717, 1.165) is 5.56 Å². The molecule has 0 aliphatic rings. The number of aliphatic hydroxyl groups excluding tert-OH is 1. The predicted octanol–water partition coefficient (Wildman–Crippen LogP) is 2.12. The lowest BCUT2D eigenvalue weighted by molar-refractivity contribution is 0.224. The van der Waals surface area contributed by atoms with Gasteiger partial charge in [-0.3, -0.25) is 0 Å². The van der Waals surface area contributed by atoms with E-state index in [9.17, 15) is 5.11 Å². The molecule has 1 atom stereocenters. The molecule has 1 unspecified atom stereocenters. The van der Waals surface area contributed by atoms with E-state index in [2.05, 4.69) is 15.6 Å². The minimum absolute atomic E-state index is 0.0752. The average Bonchev–Trinajstić information content (AvgIpc) is 3.02. The summed E-state index contributed by atoms with van der Waals surface area (Å²) in [7, 11) is 0. The summed E-state index contributed by atoms with van der Waals surface area (Å²) in [6.07, 6.45) is 0. The highest BCUT2D eigenvalue weighted by atomic mass is 16.6. The number of nitrogens with two attached hydrogens (primary N) is 1. The van der Waals surface area contributed by atoms with Crippen LogP contribution in [-0.2, 0) is 5.54 Å². The van der Waals surface area contributed by atoms with Gasteiger partial charge < -0.3 is 16.2 Å². The second-order valence-corrected chi connectivity index (χ2v) is 5.15. The van der Waals surface area contributed by atoms with Crippen molar-refractivity contribution >= 4 is 22.4 Å². The molecule has 108 valence electrons. The van der Waals surface area contributed by atoms with Gasteiger partial charge in [0.2, 0.25) is 0 Å². The number of aliphatic hydroxyl groups is 1. The number of anilines is 2. The van der Waals surface area contributed by atoms with Crippen LogP contribution >= 0.6 is 0 Å². The Morgan fingerprint density at radius 1 is 1.14 bits per heavy atom. The summed E-state index contributed by atoms with van der Waals surface area (Å²) in [5.74, 6) is 0. The van der Waals surface area contributed by atoms with Gasteiger partial charge in [0.1, 0.15) is 0 Å². The van der Waals surface area contributed by atoms with Gasteiger partial charge in [-0.2, -0.15) is 0 Å². The van der Waals surface area contributed by atoms with Crippen molar-refractivity contribution < 1.29 is 9.74 Å². The van der Waals surface area contributed by atoms with Crippen LogP contribution in [0, 0.1) is 0 Å². The van der Waals surface area contributed by atoms with Crippen LogP contribution in [0.2, 0.25) is 0 Å². The molecule has 0 saturated carbocycles. The molecule has 1 aromatic heterocycles. The highest BCUT2D eigenvalue weighted by Gasteiger charge is 2.27. The second-order valence-electron chi connectivity index (χ2n) is 5.15. The Balaban J connectivity index is 2.04. The molecule has 6 heteroatoms. The summed E-state index contributed by atoms with van der Waals surface area (Å²) in [6, 6.07) is 13.3. The highest BCUT2D eigenvalue weighted by Crippen LogP contribution is 2.31. The summed E-state index contributed by atoms with van der Waals surface area (Å²) in [6.45, 7) is 1.84. The van der Waals surface area contributed by atoms with Gasteiger partial charge in [0.05, 0.1) is 23.5 Å². The average molecular weight is 284 g/mol. The molecule has 3 rings (SSSR count). The summed E-state index contributed by atoms with van der Waals surface area (Å²) >= 11 is 0. The number of rotatable bonds is 4. The molecule has 0 amide bonds. The molecule has 1 heterocycles. The predicted molar refractivity (Wildman–Crippen MR) is 80.7 cm³/mol. The molecule has 0 aliphatic carbocycles. The van der Waals surface area contributed by atoms with E-state index >= 15 is 0 Å². The molecule has 4 N–H and O–H groups in total. The topological polar surface area (TPSA) is 97.2 Å². The fourth-order valence-corrected chi connectivity index (χ4v) is 2.29. The molecule has 0 bridgehead atoms. The first-order chi connectivity index (χ1) is 10.1. The van der Waals surface area contributed by atoms with Crippen molar-refractivity contribution in [3.63, 3.8) is 0 Å². The van der Waals surface area contributed by atoms with Gasteiger partial charge in [-0.25, -0.2) is 4.63 Å². The lowest BCUT2D eigenvalue weighted by Crippen LogP contribution is -2.35. The second kappa shape index (κ2) is 5.06. The first-order valence-corrected chi connectivity index (χ1v) is 6.59. The van der Waals surface area contributed by atoms with Crippen LogP contribution in [0.4, 0.5) is 11.4 Å². The summed E-state index contributed by atoms with van der Waals surface area (Å²) < 4.78 is 4.76. The molecule has 0 spiro atoms. The Morgan fingerprint density at radius 2 is 1.86 bits per heavy atom. The van der Waals surface area contributed by atoms with Crippen molar-refractivity contribution in [1.82, 2.24) is 10.3 Å². The summed E-state index contributed by atoms with van der Waals surface area (Å²) in [5.41, 5.74) is 8.42. The zero-order valence-electron chi connectivity index (χ0n) is 11.6. The molecular formula is C15H16N4O2. The number of hydrogen-bond donors (Lipinski definition) is 3. The zero-order valence-corrected chi connectivity index (χ0v) is 11.6. The monoisotopic (exact) mass is 284 g/mol. The van der Waals surface area contributed by atoms with Crippen molar-refractivity contribution in [1.29, 1.82) is 0 Å². The van der Waals surface area contributed by atoms with Gasteiger partial charge in [-0.05, 0) is 34.9 Å². The summed E-state index contributed by atoms with van der Waals surface area (Å²) in [5, 5.41) is 20.8. The minimum atomic E-state index is -0.650. The number of fused-ring (bicyclic) bond motifs is 1. The van der Waals surface area contributed by atoms with Crippen LogP contribution in [0.1, 0.15) is 12.5 Å². The molecule has 0 fully saturated rings. The Labute approximate surface area is 121 Å². The first-order valence-electron chi connectivity index (χ1n) is 6.59. The third kappa shape index (κ3) is 2.30. The summed E-state index contributed by atoms with van der Waals surface area (Å²) in [4.78, 5) is 0. The molecule has 0 saturated heterocycles. The fourth-order valence-electron chi connectivity index (χ4n) is 2.29. The van der Waals surface area contributed by atoms with Crippen LogP contribution < -0.4 is 11.1 Å². The van der Waals surface area contributed by atoms with Crippen molar-refractivity contribution in [2.45, 2.75) is 12.5 Å². The Bertz CT molecular complexity index is 757. The molecule has 0 aliphatic heterocycles. The Hall–Kier alpha value is -2.60. The van der Waals surface area contributed by atoms with Gasteiger partial charge in [-0.15, -0.1) is 0 Å². The van der Waals surface area contributed by atoms with E-state index in [1.54, 1.807) is 12.1 Å². The van der Waals surface area contributed by atoms with Gasteiger partial charge in [0.15, 0.2) is 11.0 Å². The third-order valence-electron chi connectivity index (χ3n) is 3.58. The van der Waals surface area contributed by atoms with Crippen molar-refractivity contribution in [2.24, 2.45) is 0 Å². The van der Waals surface area contributed by atoms with Gasteiger partial charge in [0, 0.05) is 0 Å². The van der Waals surface area contributed by atoms with Crippen molar-refractivity contribution in [2.75, 3.05) is 17.7 Å². The molecule has 21 heavy (non-hydrogen) atoms. The smallest absolute Gasteiger partial charge is 0.160 e. The number of nitrogens with one attached hydrogen (secondary N) is 1. The van der Waals surface area contributed by atoms with E-state index in [1.165, 1.54) is 0 Å². The maximum Gasteiger partial charge on any atom is 0.160 e. The van der Waals surface area contributed by atoms with E-state index in [1.807, 2.05) is 37.3 Å². The highest BCUT2D eigenvalue weighted by molar-refractivity contribution is 5.95. The lowest BCUT2D eigenvalue weighted by Gasteiger charge is -2.30. The third-order valence-corrected chi connectivity index (χ3v) is 3.58. The largest absolute Gasteiger partial charge is 0.397 e. The van der Waals surface area contributed by atoms with E-state index < -0.39 is 5.54 Å². The van der Waals surface area contributed by atoms with Crippen LogP contribution in [0.25, 0.3) is 11.0 Å². The quantitative estimate of drug-likeness (QED) is 0.635. The van der Waals surface area contributed by atoms with Crippen LogP contribution in [0.15, 0.2) is 47.1 Å². The maximum absolute atomic E-state index is 9.83. The van der Waals surface area contributed by atoms with Crippen molar-refractivity contribution in [3.05, 3.63) is 48.0 Å². The van der Waals surface area contributed by atoms with Crippen molar-refractivity contribution in [3.8, 4) is 0 Å². The van der Waals surface area contributed by atoms with Gasteiger partial charge in [0.25, 0.3) is 0 Å². The molecule has 3 aromatic rings. The molecule has 2 aromatic carbocycles. The van der Waals surface area contributed by atoms with Gasteiger partial charge in [-0.1, -0.05) is 30.3 Å². The number of benzene rings is 2. The van der Waals surface area contributed by atoms with Crippen LogP contribution in [-0.4, -0.2) is 22.0 Å². The number of nitrogen functional groups attached to an aromatic ring is 1. The Morgan fingerprint density at radius 3 is 2.57 bits per heavy atom. The minimum Gasteiger partial charge on any atom is -0.397 e. The Kier molecular flexibility index (Phi) is 3.23. The maximum atomic E-state index is 9.83. The fraction of sp³-hybridized carbons (Fsp3) is 0.200. The normalized spacial score (nSPS) is 14.0. The number of nitrogens with zero attached hydrogens (tertiary/aromatic N) is 2. The van der Waals surface area contributed by atoms with E-state index in [0.29, 0.717) is 22.4 Å². The first kappa shape index (κ1) is 13.4. The molecule has 6 nitrogen and oxygen atoms in total. The SMILES string of the molecule is CC(CO)(Nc1ccc(N)c2nonc12)c1ccccc1. The van der Waals surface area contributed by atoms with Gasteiger partial charge >= 0.3 is 0 Å². The van der Waals surface area contributed by atoms with E-state index in [4.69, 9.17) is 10.4 Å². The number of hydrogen-bond acceptors (Lipinski definition) is 6. The standard InChI is InChI=1S/C15H16N4O2/c1-15(9-20,10-5-3-2-4-6-10)17-12-8-7-11(16)13-14(12)19-21-18-13/h2-8,17,20H,9,16H2,1H3. The van der Waals surface area contributed by atoms with E-state index in [-0.39, 0.29) is 6.61 Å².